The van der Waals surface area contributed by atoms with Crippen molar-refractivity contribution in [1.29, 1.82) is 0 Å². The second-order valence-electron chi connectivity index (χ2n) is 4.68. The largest absolute Gasteiger partial charge is 0.223 e. The summed E-state index contributed by atoms with van der Waals surface area (Å²) in [5, 5.41) is -0.384. The fourth-order valence-electron chi connectivity index (χ4n) is 1.96. The lowest BCUT2D eigenvalue weighted by Gasteiger charge is -2.09. The molecule has 1 aromatic carbocycles. The third-order valence-electron chi connectivity index (χ3n) is 3.10. The van der Waals surface area contributed by atoms with Crippen molar-refractivity contribution in [2.45, 2.75) is 37.3 Å². The summed E-state index contributed by atoms with van der Waals surface area (Å²) in [4.78, 5) is 0.415. The highest BCUT2D eigenvalue weighted by Gasteiger charge is 2.23. The summed E-state index contributed by atoms with van der Waals surface area (Å²) in [5.74, 6) is 0. The first-order valence-electron chi connectivity index (χ1n) is 5.56. The fourth-order valence-corrected chi connectivity index (χ4v) is 3.55. The van der Waals surface area contributed by atoms with Crippen LogP contribution >= 0.6 is 15.9 Å². The van der Waals surface area contributed by atoms with Gasteiger partial charge in [-0.3, -0.25) is 0 Å². The van der Waals surface area contributed by atoms with Crippen molar-refractivity contribution >= 4 is 30.2 Å². The van der Waals surface area contributed by atoms with Crippen molar-refractivity contribution in [3.8, 4) is 0 Å². The van der Waals surface area contributed by atoms with Crippen LogP contribution in [0.1, 0.15) is 31.9 Å². The molecule has 2 rings (SSSR count). The Balaban J connectivity index is 2.57. The van der Waals surface area contributed by atoms with Crippen molar-refractivity contribution in [2.75, 3.05) is 0 Å². The van der Waals surface area contributed by atoms with Gasteiger partial charge in [0.1, 0.15) is 0 Å². The average molecular weight is 315 g/mol. The Labute approximate surface area is 111 Å². The lowest BCUT2D eigenvalue weighted by atomic mass is 10.1. The molecule has 4 heteroatoms. The van der Waals surface area contributed by atoms with Crippen LogP contribution in [0.3, 0.4) is 0 Å². The monoisotopic (exact) mass is 314 g/mol. The van der Waals surface area contributed by atoms with E-state index in [1.165, 1.54) is 11.1 Å². The van der Waals surface area contributed by atoms with Gasteiger partial charge in [0.05, 0.1) is 10.1 Å². The zero-order valence-corrected chi connectivity index (χ0v) is 12.5. The standard InChI is InChI=1S/C13H15BrO2S/c1-8(2)17(15,16)11-5-4-10-6-9(3)13(14)12(10)7-11/h4-5,7-8H,6H2,1-3H3. The highest BCUT2D eigenvalue weighted by molar-refractivity contribution is 9.15. The van der Waals surface area contributed by atoms with Crippen LogP contribution in [-0.4, -0.2) is 13.7 Å². The third-order valence-corrected chi connectivity index (χ3v) is 6.35. The maximum Gasteiger partial charge on any atom is 0.180 e. The number of allylic oxidation sites excluding steroid dienone is 1. The number of hydrogen-bond donors (Lipinski definition) is 0. The molecule has 0 radical (unpaired) electrons. The normalized spacial score (nSPS) is 15.6. The summed E-state index contributed by atoms with van der Waals surface area (Å²) >= 11 is 3.53. The van der Waals surface area contributed by atoms with Crippen LogP contribution in [0.25, 0.3) is 4.48 Å². The minimum absolute atomic E-state index is 0.384. The summed E-state index contributed by atoms with van der Waals surface area (Å²) in [6, 6.07) is 5.42. The number of benzene rings is 1. The van der Waals surface area contributed by atoms with Crippen LogP contribution in [0.4, 0.5) is 0 Å². The fraction of sp³-hybridized carbons (Fsp3) is 0.385. The van der Waals surface area contributed by atoms with Crippen molar-refractivity contribution < 1.29 is 8.42 Å². The molecule has 1 aliphatic carbocycles. The Bertz CT molecular complexity index is 598. The van der Waals surface area contributed by atoms with Gasteiger partial charge < -0.3 is 0 Å². The summed E-state index contributed by atoms with van der Waals surface area (Å²) in [7, 11) is -3.18. The average Bonchev–Trinajstić information content (AvgIpc) is 2.54. The molecule has 1 aromatic rings. The summed E-state index contributed by atoms with van der Waals surface area (Å²) in [5.41, 5.74) is 3.46. The minimum Gasteiger partial charge on any atom is -0.223 e. The highest BCUT2D eigenvalue weighted by atomic mass is 79.9. The van der Waals surface area contributed by atoms with Gasteiger partial charge in [-0.05, 0) is 50.5 Å². The van der Waals surface area contributed by atoms with Crippen molar-refractivity contribution in [2.24, 2.45) is 0 Å². The molecule has 0 saturated heterocycles. The van der Waals surface area contributed by atoms with E-state index in [1.807, 2.05) is 6.07 Å². The van der Waals surface area contributed by atoms with Crippen molar-refractivity contribution in [1.82, 2.24) is 0 Å². The minimum atomic E-state index is -3.18. The first-order chi connectivity index (χ1) is 7.84. The number of hydrogen-bond acceptors (Lipinski definition) is 2. The van der Waals surface area contributed by atoms with E-state index < -0.39 is 9.84 Å². The molecular formula is C13H15BrO2S. The Morgan fingerprint density at radius 3 is 2.53 bits per heavy atom. The van der Waals surface area contributed by atoms with Gasteiger partial charge in [-0.25, -0.2) is 8.42 Å². The van der Waals surface area contributed by atoms with Crippen LogP contribution < -0.4 is 0 Å². The molecule has 0 fully saturated rings. The molecule has 2 nitrogen and oxygen atoms in total. The second kappa shape index (κ2) is 4.25. The summed E-state index contributed by atoms with van der Waals surface area (Å²) in [6.07, 6.45) is 0.901. The Hall–Kier alpha value is -0.610. The SMILES string of the molecule is CC1=C(Br)c2cc(S(=O)(=O)C(C)C)ccc2C1. The van der Waals surface area contributed by atoms with E-state index in [4.69, 9.17) is 0 Å². The molecule has 0 spiro atoms. The molecule has 0 aromatic heterocycles. The Morgan fingerprint density at radius 2 is 1.94 bits per heavy atom. The quantitative estimate of drug-likeness (QED) is 0.836. The number of fused-ring (bicyclic) bond motifs is 1. The predicted octanol–water partition coefficient (Wildman–Crippen LogP) is 3.55. The molecule has 0 unspecified atom stereocenters. The van der Waals surface area contributed by atoms with E-state index in [2.05, 4.69) is 22.9 Å². The molecule has 0 atom stereocenters. The van der Waals surface area contributed by atoms with Crippen LogP contribution in [0.2, 0.25) is 0 Å². The van der Waals surface area contributed by atoms with Crippen LogP contribution in [-0.2, 0) is 16.3 Å². The smallest absolute Gasteiger partial charge is 0.180 e. The molecule has 0 N–H and O–H groups in total. The number of sulfone groups is 1. The Morgan fingerprint density at radius 1 is 1.29 bits per heavy atom. The molecule has 92 valence electrons. The highest BCUT2D eigenvalue weighted by Crippen LogP contribution is 2.38. The maximum absolute atomic E-state index is 12.1. The molecule has 0 saturated carbocycles. The van der Waals surface area contributed by atoms with Gasteiger partial charge in [0.15, 0.2) is 9.84 Å². The van der Waals surface area contributed by atoms with E-state index in [-0.39, 0.29) is 5.25 Å². The van der Waals surface area contributed by atoms with Crippen molar-refractivity contribution in [3.05, 3.63) is 34.9 Å². The first kappa shape index (κ1) is 12.8. The van der Waals surface area contributed by atoms with Crippen molar-refractivity contribution in [3.63, 3.8) is 0 Å². The van der Waals surface area contributed by atoms with Gasteiger partial charge in [-0.2, -0.15) is 0 Å². The molecule has 1 aliphatic rings. The lowest BCUT2D eigenvalue weighted by Crippen LogP contribution is -2.14. The molecule has 0 aliphatic heterocycles. The van der Waals surface area contributed by atoms with E-state index in [1.54, 1.807) is 26.0 Å². The third kappa shape index (κ3) is 2.08. The molecule has 0 bridgehead atoms. The number of halogens is 1. The summed E-state index contributed by atoms with van der Waals surface area (Å²) < 4.78 is 25.2. The summed E-state index contributed by atoms with van der Waals surface area (Å²) in [6.45, 7) is 5.47. The van der Waals surface area contributed by atoms with Gasteiger partial charge in [0, 0.05) is 4.48 Å². The molecule has 0 amide bonds. The predicted molar refractivity (Wildman–Crippen MR) is 74.0 cm³/mol. The zero-order valence-electron chi connectivity index (χ0n) is 10.1. The zero-order chi connectivity index (χ0) is 12.8. The Kier molecular flexibility index (Phi) is 3.21. The second-order valence-corrected chi connectivity index (χ2v) is 7.98. The maximum atomic E-state index is 12.1. The molecular weight excluding hydrogens is 300 g/mol. The van der Waals surface area contributed by atoms with E-state index in [9.17, 15) is 8.42 Å². The molecule has 17 heavy (non-hydrogen) atoms. The van der Waals surface area contributed by atoms with Gasteiger partial charge in [-0.15, -0.1) is 0 Å². The van der Waals surface area contributed by atoms with Gasteiger partial charge in [-0.1, -0.05) is 27.6 Å². The van der Waals surface area contributed by atoms with E-state index in [0.717, 1.165) is 16.5 Å². The van der Waals surface area contributed by atoms with E-state index in [0.29, 0.717) is 4.90 Å². The van der Waals surface area contributed by atoms with Gasteiger partial charge in [0.25, 0.3) is 0 Å². The number of rotatable bonds is 2. The van der Waals surface area contributed by atoms with Crippen LogP contribution in [0.5, 0.6) is 0 Å². The molecule has 0 heterocycles. The lowest BCUT2D eigenvalue weighted by molar-refractivity contribution is 0.587. The van der Waals surface area contributed by atoms with Gasteiger partial charge >= 0.3 is 0 Å². The topological polar surface area (TPSA) is 34.1 Å². The van der Waals surface area contributed by atoms with Gasteiger partial charge in [0.2, 0.25) is 0 Å². The van der Waals surface area contributed by atoms with Crippen LogP contribution in [0, 0.1) is 0 Å². The van der Waals surface area contributed by atoms with Crippen LogP contribution in [0.15, 0.2) is 28.7 Å². The van der Waals surface area contributed by atoms with E-state index >= 15 is 0 Å². The first-order valence-corrected chi connectivity index (χ1v) is 7.90.